The molecule has 1 amide bonds. The Balaban J connectivity index is 2.13. The van der Waals surface area contributed by atoms with E-state index in [0.29, 0.717) is 28.8 Å². The minimum absolute atomic E-state index is 0.114. The Kier molecular flexibility index (Phi) is 9.31. The lowest BCUT2D eigenvalue weighted by Crippen LogP contribution is -2.27. The van der Waals surface area contributed by atoms with Crippen molar-refractivity contribution in [2.24, 2.45) is 11.8 Å². The van der Waals surface area contributed by atoms with Crippen molar-refractivity contribution in [2.75, 3.05) is 11.3 Å². The van der Waals surface area contributed by atoms with Gasteiger partial charge in [0.05, 0.1) is 10.6 Å². The van der Waals surface area contributed by atoms with E-state index in [1.807, 2.05) is 24.3 Å². The van der Waals surface area contributed by atoms with Crippen LogP contribution in [0.5, 0.6) is 0 Å². The topological polar surface area (TPSA) is 58.2 Å². The molecule has 0 fully saturated rings. The van der Waals surface area contributed by atoms with E-state index in [2.05, 4.69) is 44.3 Å². The molecule has 2 unspecified atom stereocenters. The van der Waals surface area contributed by atoms with Crippen molar-refractivity contribution < 1.29 is 9.00 Å². The molecule has 0 spiro atoms. The van der Waals surface area contributed by atoms with E-state index in [4.69, 9.17) is 0 Å². The molecule has 0 saturated heterocycles. The third-order valence-corrected chi connectivity index (χ3v) is 6.21. The predicted octanol–water partition coefficient (Wildman–Crippen LogP) is 6.05. The monoisotopic (exact) mass is 426 g/mol. The standard InChI is InChI=1S/C25H34N2O2S/c1-6-10-20(7-2)19(5)23-11-8-9-12-24(23)27-30(29)22-15-13-21(14-16-22)25(28)26-17-18(3)4/h8-9,11-16,18,20,27H,5-7,10,17H2,1-4H3,(H,26,28). The second-order valence-electron chi connectivity index (χ2n) is 7.96. The molecule has 0 aliphatic carbocycles. The fraction of sp³-hybridized carbons (Fsp3) is 0.400. The van der Waals surface area contributed by atoms with Crippen molar-refractivity contribution in [1.29, 1.82) is 0 Å². The van der Waals surface area contributed by atoms with Crippen LogP contribution in [0.15, 0.2) is 60.0 Å². The van der Waals surface area contributed by atoms with E-state index in [-0.39, 0.29) is 5.91 Å². The van der Waals surface area contributed by atoms with Gasteiger partial charge in [0.15, 0.2) is 0 Å². The molecule has 0 bridgehead atoms. The summed E-state index contributed by atoms with van der Waals surface area (Å²) >= 11 is 0. The summed E-state index contributed by atoms with van der Waals surface area (Å²) in [5.41, 5.74) is 3.47. The van der Waals surface area contributed by atoms with Gasteiger partial charge in [-0.1, -0.05) is 58.9 Å². The highest BCUT2D eigenvalue weighted by Gasteiger charge is 2.16. The van der Waals surface area contributed by atoms with Crippen LogP contribution in [0, 0.1) is 11.8 Å². The maximum absolute atomic E-state index is 12.9. The van der Waals surface area contributed by atoms with Gasteiger partial charge in [0, 0.05) is 17.7 Å². The first-order chi connectivity index (χ1) is 14.4. The second kappa shape index (κ2) is 11.7. The molecule has 0 aliphatic heterocycles. The van der Waals surface area contributed by atoms with Crippen molar-refractivity contribution >= 4 is 28.2 Å². The SMILES string of the molecule is C=C(c1ccccc1NS(=O)c1ccc(C(=O)NCC(C)C)cc1)C(CC)CCC. The maximum Gasteiger partial charge on any atom is 0.251 e. The molecule has 162 valence electrons. The summed E-state index contributed by atoms with van der Waals surface area (Å²) in [4.78, 5) is 12.8. The Bertz CT molecular complexity index is 875. The largest absolute Gasteiger partial charge is 0.352 e. The first-order valence-electron chi connectivity index (χ1n) is 10.7. The van der Waals surface area contributed by atoms with Gasteiger partial charge >= 0.3 is 0 Å². The van der Waals surface area contributed by atoms with Crippen LogP contribution in [-0.2, 0) is 11.0 Å². The number of rotatable bonds is 11. The van der Waals surface area contributed by atoms with Crippen LogP contribution in [0.3, 0.4) is 0 Å². The molecule has 2 N–H and O–H groups in total. The number of anilines is 1. The van der Waals surface area contributed by atoms with Crippen LogP contribution in [0.2, 0.25) is 0 Å². The van der Waals surface area contributed by atoms with Gasteiger partial charge in [-0.05, 0) is 60.6 Å². The molecule has 2 rings (SSSR count). The first-order valence-corrected chi connectivity index (χ1v) is 11.9. The predicted molar refractivity (Wildman–Crippen MR) is 128 cm³/mol. The number of carbonyl (C=O) groups is 1. The minimum atomic E-state index is -1.44. The molecule has 30 heavy (non-hydrogen) atoms. The van der Waals surface area contributed by atoms with Crippen molar-refractivity contribution in [3.63, 3.8) is 0 Å². The number of benzene rings is 2. The fourth-order valence-corrected chi connectivity index (χ4v) is 4.21. The van der Waals surface area contributed by atoms with E-state index in [1.165, 1.54) is 0 Å². The lowest BCUT2D eigenvalue weighted by molar-refractivity contribution is 0.0949. The molecule has 2 aromatic rings. The lowest BCUT2D eigenvalue weighted by Gasteiger charge is -2.20. The normalized spacial score (nSPS) is 13.0. The summed E-state index contributed by atoms with van der Waals surface area (Å²) in [6.45, 7) is 13.4. The van der Waals surface area contributed by atoms with Crippen LogP contribution in [0.1, 0.15) is 62.9 Å². The first kappa shape index (κ1) is 23.9. The third kappa shape index (κ3) is 6.56. The van der Waals surface area contributed by atoms with Crippen LogP contribution in [0.25, 0.3) is 5.57 Å². The van der Waals surface area contributed by atoms with Gasteiger partial charge in [-0.2, -0.15) is 0 Å². The molecule has 0 heterocycles. The molecular weight excluding hydrogens is 392 g/mol. The van der Waals surface area contributed by atoms with Crippen LogP contribution in [0.4, 0.5) is 5.69 Å². The van der Waals surface area contributed by atoms with Gasteiger partial charge in [0.2, 0.25) is 0 Å². The van der Waals surface area contributed by atoms with Crippen molar-refractivity contribution in [2.45, 2.75) is 51.9 Å². The Morgan fingerprint density at radius 1 is 1.07 bits per heavy atom. The molecule has 2 aromatic carbocycles. The average Bonchev–Trinajstić information content (AvgIpc) is 2.75. The number of allylic oxidation sites excluding steroid dienone is 1. The molecule has 0 radical (unpaired) electrons. The van der Waals surface area contributed by atoms with Gasteiger partial charge in [-0.25, -0.2) is 4.21 Å². The van der Waals surface area contributed by atoms with Crippen LogP contribution < -0.4 is 10.0 Å². The van der Waals surface area contributed by atoms with Crippen LogP contribution >= 0.6 is 0 Å². The molecule has 0 saturated carbocycles. The maximum atomic E-state index is 12.9. The zero-order chi connectivity index (χ0) is 22.1. The zero-order valence-corrected chi connectivity index (χ0v) is 19.4. The number of hydrogen-bond acceptors (Lipinski definition) is 2. The molecular formula is C25H34N2O2S. The summed E-state index contributed by atoms with van der Waals surface area (Å²) in [6, 6.07) is 14.8. The molecule has 5 heteroatoms. The summed E-state index contributed by atoms with van der Waals surface area (Å²) in [5, 5.41) is 2.89. The van der Waals surface area contributed by atoms with Gasteiger partial charge in [-0.3, -0.25) is 4.79 Å². The number of carbonyl (C=O) groups excluding carboxylic acids is 1. The lowest BCUT2D eigenvalue weighted by atomic mass is 9.87. The average molecular weight is 427 g/mol. The van der Waals surface area contributed by atoms with Crippen molar-refractivity contribution in [3.05, 3.63) is 66.2 Å². The van der Waals surface area contributed by atoms with Gasteiger partial charge in [-0.15, -0.1) is 0 Å². The highest BCUT2D eigenvalue weighted by atomic mass is 32.2. The van der Waals surface area contributed by atoms with Gasteiger partial charge in [0.25, 0.3) is 5.91 Å². The molecule has 4 nitrogen and oxygen atoms in total. The van der Waals surface area contributed by atoms with E-state index < -0.39 is 11.0 Å². The highest BCUT2D eigenvalue weighted by molar-refractivity contribution is 7.86. The highest BCUT2D eigenvalue weighted by Crippen LogP contribution is 2.33. The van der Waals surface area contributed by atoms with E-state index in [1.54, 1.807) is 24.3 Å². The van der Waals surface area contributed by atoms with E-state index in [0.717, 1.165) is 36.1 Å². The van der Waals surface area contributed by atoms with Crippen LogP contribution in [-0.4, -0.2) is 16.7 Å². The second-order valence-corrected chi connectivity index (χ2v) is 9.18. The van der Waals surface area contributed by atoms with Gasteiger partial charge < -0.3 is 10.0 Å². The molecule has 2 atom stereocenters. The number of hydrogen-bond donors (Lipinski definition) is 2. The quantitative estimate of drug-likeness (QED) is 0.460. The van der Waals surface area contributed by atoms with Crippen molar-refractivity contribution in [1.82, 2.24) is 5.32 Å². The fourth-order valence-electron chi connectivity index (χ4n) is 3.33. The summed E-state index contributed by atoms with van der Waals surface area (Å²) in [5.74, 6) is 0.691. The summed E-state index contributed by atoms with van der Waals surface area (Å²) < 4.78 is 16.0. The molecule has 0 aliphatic rings. The Morgan fingerprint density at radius 2 is 1.73 bits per heavy atom. The molecule has 0 aromatic heterocycles. The number of nitrogens with one attached hydrogen (secondary N) is 2. The van der Waals surface area contributed by atoms with Gasteiger partial charge in [0.1, 0.15) is 11.0 Å². The van der Waals surface area contributed by atoms with E-state index in [9.17, 15) is 9.00 Å². The third-order valence-electron chi connectivity index (χ3n) is 5.10. The van der Waals surface area contributed by atoms with E-state index >= 15 is 0 Å². The Morgan fingerprint density at radius 3 is 2.33 bits per heavy atom. The Hall–Kier alpha value is -2.40. The summed E-state index contributed by atoms with van der Waals surface area (Å²) in [7, 11) is -1.44. The number of para-hydroxylation sites is 1. The summed E-state index contributed by atoms with van der Waals surface area (Å²) in [6.07, 6.45) is 3.23. The minimum Gasteiger partial charge on any atom is -0.352 e. The van der Waals surface area contributed by atoms with Crippen molar-refractivity contribution in [3.8, 4) is 0 Å². The Labute approximate surface area is 183 Å². The number of amides is 1. The smallest absolute Gasteiger partial charge is 0.251 e. The zero-order valence-electron chi connectivity index (χ0n) is 18.5.